The molecule has 0 bridgehead atoms. The van der Waals surface area contributed by atoms with Crippen LogP contribution in [0.1, 0.15) is 11.1 Å². The van der Waals surface area contributed by atoms with Gasteiger partial charge in [0.1, 0.15) is 17.3 Å². The summed E-state index contributed by atoms with van der Waals surface area (Å²) in [6.07, 6.45) is 0. The van der Waals surface area contributed by atoms with E-state index in [9.17, 15) is 4.39 Å². The van der Waals surface area contributed by atoms with E-state index >= 15 is 0 Å². The van der Waals surface area contributed by atoms with Crippen LogP contribution in [0.15, 0.2) is 72.8 Å². The van der Waals surface area contributed by atoms with Crippen LogP contribution >= 0.6 is 12.2 Å². The van der Waals surface area contributed by atoms with Gasteiger partial charge in [0.05, 0.1) is 14.2 Å². The Kier molecular flexibility index (Phi) is 7.03. The van der Waals surface area contributed by atoms with E-state index < -0.39 is 0 Å². The van der Waals surface area contributed by atoms with E-state index in [1.165, 1.54) is 12.1 Å². The van der Waals surface area contributed by atoms with Gasteiger partial charge in [0.2, 0.25) is 0 Å². The van der Waals surface area contributed by atoms with Gasteiger partial charge in [-0.1, -0.05) is 30.3 Å². The minimum atomic E-state index is -0.265. The number of hydrogen-bond acceptors (Lipinski definition) is 3. The average Bonchev–Trinajstić information content (AvgIpc) is 2.74. The third-order valence-corrected chi connectivity index (χ3v) is 4.76. The number of nitrogens with one attached hydrogen (secondary N) is 1. The van der Waals surface area contributed by atoms with Crippen LogP contribution in [0, 0.1) is 5.82 Å². The van der Waals surface area contributed by atoms with E-state index in [-0.39, 0.29) is 5.82 Å². The number of thiocarbonyl (C=S) groups is 1. The smallest absolute Gasteiger partial charge is 0.174 e. The maximum atomic E-state index is 13.7. The highest BCUT2D eigenvalue weighted by Crippen LogP contribution is 2.20. The molecule has 6 heteroatoms. The van der Waals surface area contributed by atoms with Crippen LogP contribution < -0.4 is 14.8 Å². The molecule has 0 fully saturated rings. The first kappa shape index (κ1) is 20.6. The second-order valence-corrected chi connectivity index (χ2v) is 6.88. The van der Waals surface area contributed by atoms with Crippen molar-refractivity contribution in [2.75, 3.05) is 19.5 Å². The summed E-state index contributed by atoms with van der Waals surface area (Å²) in [4.78, 5) is 1.99. The van der Waals surface area contributed by atoms with Gasteiger partial charge in [-0.2, -0.15) is 0 Å². The molecule has 29 heavy (non-hydrogen) atoms. The molecule has 0 atom stereocenters. The van der Waals surface area contributed by atoms with Gasteiger partial charge in [-0.25, -0.2) is 4.39 Å². The van der Waals surface area contributed by atoms with E-state index in [1.54, 1.807) is 20.3 Å². The Morgan fingerprint density at radius 2 is 1.55 bits per heavy atom. The largest absolute Gasteiger partial charge is 0.497 e. The van der Waals surface area contributed by atoms with Gasteiger partial charge >= 0.3 is 0 Å². The van der Waals surface area contributed by atoms with Gasteiger partial charge in [-0.05, 0) is 59.7 Å². The molecule has 0 aliphatic rings. The monoisotopic (exact) mass is 410 g/mol. The summed E-state index contributed by atoms with van der Waals surface area (Å²) in [6, 6.07) is 21.9. The standard InChI is InChI=1S/C23H23FN2O2S/c1-27-21-11-9-17(10-12-21)15-26(16-18-5-3-6-19(24)13-18)23(29)25-20-7-4-8-22(14-20)28-2/h3-14H,15-16H2,1-2H3,(H,25,29). The zero-order valence-corrected chi connectivity index (χ0v) is 17.2. The molecular weight excluding hydrogens is 387 g/mol. The number of anilines is 1. The fourth-order valence-corrected chi connectivity index (χ4v) is 3.16. The van der Waals surface area contributed by atoms with Crippen LogP contribution in [0.3, 0.4) is 0 Å². The van der Waals surface area contributed by atoms with Crippen LogP contribution in [0.25, 0.3) is 0 Å². The van der Waals surface area contributed by atoms with Crippen molar-refractivity contribution in [1.82, 2.24) is 4.90 Å². The van der Waals surface area contributed by atoms with E-state index in [0.29, 0.717) is 18.2 Å². The second-order valence-electron chi connectivity index (χ2n) is 6.50. The van der Waals surface area contributed by atoms with Crippen LogP contribution in [-0.2, 0) is 13.1 Å². The van der Waals surface area contributed by atoms with Gasteiger partial charge in [-0.3, -0.25) is 0 Å². The van der Waals surface area contributed by atoms with Gasteiger partial charge in [0.25, 0.3) is 0 Å². The third kappa shape index (κ3) is 5.93. The number of methoxy groups -OCH3 is 2. The van der Waals surface area contributed by atoms with Crippen LogP contribution in [0.5, 0.6) is 11.5 Å². The molecule has 150 valence electrons. The average molecular weight is 411 g/mol. The fourth-order valence-electron chi connectivity index (χ4n) is 2.91. The molecule has 0 unspecified atom stereocenters. The molecule has 0 saturated carbocycles. The maximum absolute atomic E-state index is 13.7. The maximum Gasteiger partial charge on any atom is 0.174 e. The molecular formula is C23H23FN2O2S. The first-order valence-electron chi connectivity index (χ1n) is 9.15. The lowest BCUT2D eigenvalue weighted by molar-refractivity contribution is 0.406. The van der Waals surface area contributed by atoms with Crippen molar-refractivity contribution < 1.29 is 13.9 Å². The molecule has 0 spiro atoms. The molecule has 0 radical (unpaired) electrons. The minimum absolute atomic E-state index is 0.265. The normalized spacial score (nSPS) is 10.3. The molecule has 0 heterocycles. The van der Waals surface area contributed by atoms with Crippen molar-refractivity contribution in [3.63, 3.8) is 0 Å². The Morgan fingerprint density at radius 1 is 0.862 bits per heavy atom. The van der Waals surface area contributed by atoms with Gasteiger partial charge < -0.3 is 19.7 Å². The van der Waals surface area contributed by atoms with Crippen LogP contribution in [0.4, 0.5) is 10.1 Å². The number of halogens is 1. The van der Waals surface area contributed by atoms with Gasteiger partial charge in [-0.15, -0.1) is 0 Å². The lowest BCUT2D eigenvalue weighted by atomic mass is 10.1. The first-order chi connectivity index (χ1) is 14.1. The molecule has 0 aliphatic heterocycles. The summed E-state index contributed by atoms with van der Waals surface area (Å²) in [5, 5.41) is 3.79. The van der Waals surface area contributed by atoms with Crippen LogP contribution in [0.2, 0.25) is 0 Å². The summed E-state index contributed by atoms with van der Waals surface area (Å²) in [5.74, 6) is 1.27. The topological polar surface area (TPSA) is 33.7 Å². The fraction of sp³-hybridized carbons (Fsp3) is 0.174. The summed E-state index contributed by atoms with van der Waals surface area (Å²) < 4.78 is 24.2. The SMILES string of the molecule is COc1ccc(CN(Cc2cccc(F)c2)C(=S)Nc2cccc(OC)c2)cc1. The zero-order chi connectivity index (χ0) is 20.6. The van der Waals surface area contributed by atoms with E-state index in [2.05, 4.69) is 5.32 Å². The lowest BCUT2D eigenvalue weighted by Crippen LogP contribution is -2.33. The predicted molar refractivity (Wildman–Crippen MR) is 118 cm³/mol. The summed E-state index contributed by atoms with van der Waals surface area (Å²) in [7, 11) is 3.26. The molecule has 4 nitrogen and oxygen atoms in total. The van der Waals surface area contributed by atoms with Gasteiger partial charge in [0, 0.05) is 24.8 Å². The molecule has 0 saturated heterocycles. The number of rotatable bonds is 7. The third-order valence-electron chi connectivity index (χ3n) is 4.40. The number of benzene rings is 3. The van der Waals surface area contributed by atoms with Crippen LogP contribution in [-0.4, -0.2) is 24.2 Å². The number of hydrogen-bond donors (Lipinski definition) is 1. The summed E-state index contributed by atoms with van der Waals surface area (Å²) in [5.41, 5.74) is 2.73. The molecule has 1 N–H and O–H groups in total. The Morgan fingerprint density at radius 3 is 2.24 bits per heavy atom. The van der Waals surface area contributed by atoms with Crippen molar-refractivity contribution in [3.05, 3.63) is 89.7 Å². The Bertz CT molecular complexity index is 963. The molecule has 3 rings (SSSR count). The van der Waals surface area contributed by atoms with E-state index in [0.717, 1.165) is 28.3 Å². The first-order valence-corrected chi connectivity index (χ1v) is 9.55. The Balaban J connectivity index is 1.80. The lowest BCUT2D eigenvalue weighted by Gasteiger charge is -2.26. The zero-order valence-electron chi connectivity index (χ0n) is 16.4. The predicted octanol–water partition coefficient (Wildman–Crippen LogP) is 5.24. The number of nitrogens with zero attached hydrogens (tertiary/aromatic N) is 1. The molecule has 0 aliphatic carbocycles. The van der Waals surface area contributed by atoms with Crippen molar-refractivity contribution in [2.24, 2.45) is 0 Å². The quantitative estimate of drug-likeness (QED) is 0.539. The minimum Gasteiger partial charge on any atom is -0.497 e. The molecule has 3 aromatic rings. The Labute approximate surface area is 175 Å². The molecule has 0 aromatic heterocycles. The second kappa shape index (κ2) is 9.89. The van der Waals surface area contributed by atoms with E-state index in [4.69, 9.17) is 21.7 Å². The highest BCUT2D eigenvalue weighted by molar-refractivity contribution is 7.80. The molecule has 0 amide bonds. The highest BCUT2D eigenvalue weighted by atomic mass is 32.1. The number of ether oxygens (including phenoxy) is 2. The van der Waals surface area contributed by atoms with E-state index in [1.807, 2.05) is 59.5 Å². The van der Waals surface area contributed by atoms with Crippen molar-refractivity contribution in [1.29, 1.82) is 0 Å². The van der Waals surface area contributed by atoms with Gasteiger partial charge in [0.15, 0.2) is 5.11 Å². The Hall–Kier alpha value is -3.12. The highest BCUT2D eigenvalue weighted by Gasteiger charge is 2.13. The molecule has 3 aromatic carbocycles. The summed E-state index contributed by atoms with van der Waals surface area (Å²) >= 11 is 5.67. The summed E-state index contributed by atoms with van der Waals surface area (Å²) in [6.45, 7) is 1.04. The van der Waals surface area contributed by atoms with Crippen molar-refractivity contribution >= 4 is 23.0 Å². The van der Waals surface area contributed by atoms with Crippen molar-refractivity contribution in [2.45, 2.75) is 13.1 Å². The van der Waals surface area contributed by atoms with Crippen molar-refractivity contribution in [3.8, 4) is 11.5 Å².